The lowest BCUT2D eigenvalue weighted by atomic mass is 10.0. The Bertz CT molecular complexity index is 1080. The summed E-state index contributed by atoms with van der Waals surface area (Å²) in [5, 5.41) is 0. The quantitative estimate of drug-likeness (QED) is 0.217. The van der Waals surface area contributed by atoms with Gasteiger partial charge in [-0.1, -0.05) is 36.4 Å². The molecule has 0 saturated carbocycles. The molecule has 5 nitrogen and oxygen atoms in total. The molecule has 0 aromatic heterocycles. The molecule has 0 fully saturated rings. The number of carbonyl (C=O) groups excluding carboxylic acids is 2. The van der Waals surface area contributed by atoms with Crippen molar-refractivity contribution < 1.29 is 32.6 Å². The lowest BCUT2D eigenvalue weighted by molar-refractivity contribution is -0.128. The van der Waals surface area contributed by atoms with Gasteiger partial charge in [-0.2, -0.15) is 8.78 Å². The first-order valence-corrected chi connectivity index (χ1v) is 9.19. The Hall–Kier alpha value is -4.00. The van der Waals surface area contributed by atoms with Crippen molar-refractivity contribution in [2.45, 2.75) is 6.61 Å². The molecule has 0 N–H and O–H groups in total. The van der Waals surface area contributed by atoms with E-state index in [0.29, 0.717) is 16.7 Å². The number of hydrogen-bond acceptors (Lipinski definition) is 5. The molecule has 0 saturated heterocycles. The largest absolute Gasteiger partial charge is 0.493 e. The molecular weight excluding hydrogens is 406 g/mol. The van der Waals surface area contributed by atoms with Crippen LogP contribution >= 0.6 is 0 Å². The molecule has 158 valence electrons. The topological polar surface area (TPSA) is 61.8 Å². The monoisotopic (exact) mass is 424 g/mol. The highest BCUT2D eigenvalue weighted by atomic mass is 19.3. The van der Waals surface area contributed by atoms with Crippen LogP contribution in [-0.4, -0.2) is 25.5 Å². The molecule has 0 spiro atoms. The molecule has 3 aromatic carbocycles. The zero-order valence-corrected chi connectivity index (χ0v) is 16.5. The first kappa shape index (κ1) is 21.7. The van der Waals surface area contributed by atoms with Gasteiger partial charge in [0.2, 0.25) is 0 Å². The Morgan fingerprint density at radius 1 is 0.871 bits per heavy atom. The normalized spacial score (nSPS) is 10.8. The Morgan fingerprint density at radius 2 is 1.55 bits per heavy atom. The van der Waals surface area contributed by atoms with Crippen molar-refractivity contribution >= 4 is 17.8 Å². The third-order valence-electron chi connectivity index (χ3n) is 4.19. The van der Waals surface area contributed by atoms with E-state index in [1.807, 2.05) is 6.07 Å². The number of esters is 1. The predicted octanol–water partition coefficient (Wildman–Crippen LogP) is 5.15. The van der Waals surface area contributed by atoms with Crippen molar-refractivity contribution in [3.05, 3.63) is 95.6 Å². The molecule has 3 aromatic rings. The van der Waals surface area contributed by atoms with Gasteiger partial charge in [-0.15, -0.1) is 0 Å². The number of carbonyl (C=O) groups is 2. The Labute approximate surface area is 177 Å². The van der Waals surface area contributed by atoms with Gasteiger partial charge in [0, 0.05) is 17.2 Å². The SMILES string of the molecule is COc1cc(C=CC(=O)Oc2ccc(C(=O)c3ccccc3)cc2)ccc1OC(F)F. The number of alkyl halides is 2. The molecular formula is C24H18F2O5. The summed E-state index contributed by atoms with van der Waals surface area (Å²) in [7, 11) is 1.32. The number of methoxy groups -OCH3 is 1. The Kier molecular flexibility index (Phi) is 7.11. The van der Waals surface area contributed by atoms with Crippen LogP contribution in [0.2, 0.25) is 0 Å². The van der Waals surface area contributed by atoms with Crippen LogP contribution in [0.25, 0.3) is 6.08 Å². The number of benzene rings is 3. The van der Waals surface area contributed by atoms with Crippen LogP contribution in [0.4, 0.5) is 8.78 Å². The molecule has 0 atom stereocenters. The number of halogens is 2. The van der Waals surface area contributed by atoms with Crippen LogP contribution in [-0.2, 0) is 4.79 Å². The van der Waals surface area contributed by atoms with Crippen molar-refractivity contribution in [1.82, 2.24) is 0 Å². The Balaban J connectivity index is 1.63. The van der Waals surface area contributed by atoms with Gasteiger partial charge >= 0.3 is 12.6 Å². The van der Waals surface area contributed by atoms with Crippen LogP contribution in [0.3, 0.4) is 0 Å². The van der Waals surface area contributed by atoms with Crippen molar-refractivity contribution in [3.8, 4) is 17.2 Å². The molecule has 0 bridgehead atoms. The van der Waals surface area contributed by atoms with Crippen LogP contribution < -0.4 is 14.2 Å². The molecule has 0 aliphatic carbocycles. The van der Waals surface area contributed by atoms with Crippen molar-refractivity contribution in [3.63, 3.8) is 0 Å². The third-order valence-corrected chi connectivity index (χ3v) is 4.19. The predicted molar refractivity (Wildman–Crippen MR) is 111 cm³/mol. The summed E-state index contributed by atoms with van der Waals surface area (Å²) in [4.78, 5) is 24.5. The van der Waals surface area contributed by atoms with Crippen LogP contribution in [0.1, 0.15) is 21.5 Å². The van der Waals surface area contributed by atoms with E-state index < -0.39 is 12.6 Å². The molecule has 0 unspecified atom stereocenters. The van der Waals surface area contributed by atoms with Gasteiger partial charge in [-0.25, -0.2) is 4.79 Å². The van der Waals surface area contributed by atoms with E-state index in [2.05, 4.69) is 4.74 Å². The van der Waals surface area contributed by atoms with Crippen molar-refractivity contribution in [1.29, 1.82) is 0 Å². The third kappa shape index (κ3) is 5.99. The fourth-order valence-corrected chi connectivity index (χ4v) is 2.73. The number of ketones is 1. The smallest absolute Gasteiger partial charge is 0.387 e. The average Bonchev–Trinajstić information content (AvgIpc) is 2.78. The Morgan fingerprint density at radius 3 is 2.19 bits per heavy atom. The first-order chi connectivity index (χ1) is 15.0. The maximum Gasteiger partial charge on any atom is 0.387 e. The molecule has 3 rings (SSSR count). The van der Waals surface area contributed by atoms with Gasteiger partial charge in [-0.05, 0) is 48.0 Å². The van der Waals surface area contributed by atoms with Gasteiger partial charge in [-0.3, -0.25) is 4.79 Å². The van der Waals surface area contributed by atoms with Crippen LogP contribution in [0.5, 0.6) is 17.2 Å². The van der Waals surface area contributed by atoms with E-state index in [0.717, 1.165) is 0 Å². The summed E-state index contributed by atoms with van der Waals surface area (Å²) in [6.45, 7) is -2.97. The van der Waals surface area contributed by atoms with Crippen molar-refractivity contribution in [2.75, 3.05) is 7.11 Å². The second kappa shape index (κ2) is 10.2. The fraction of sp³-hybridized carbons (Fsp3) is 0.0833. The van der Waals surface area contributed by atoms with Crippen LogP contribution in [0.15, 0.2) is 78.9 Å². The molecule has 7 heteroatoms. The van der Waals surface area contributed by atoms with E-state index in [1.165, 1.54) is 49.6 Å². The number of ether oxygens (including phenoxy) is 3. The number of hydrogen-bond donors (Lipinski definition) is 0. The van der Waals surface area contributed by atoms with E-state index in [1.54, 1.807) is 36.4 Å². The first-order valence-electron chi connectivity index (χ1n) is 9.19. The van der Waals surface area contributed by atoms with E-state index in [4.69, 9.17) is 9.47 Å². The minimum atomic E-state index is -2.97. The molecule has 31 heavy (non-hydrogen) atoms. The summed E-state index contributed by atoms with van der Waals surface area (Å²) in [5.74, 6) is -0.505. The molecule has 0 aliphatic rings. The maximum atomic E-state index is 12.4. The summed E-state index contributed by atoms with van der Waals surface area (Å²) < 4.78 is 39.4. The summed E-state index contributed by atoms with van der Waals surface area (Å²) >= 11 is 0. The van der Waals surface area contributed by atoms with E-state index >= 15 is 0 Å². The average molecular weight is 424 g/mol. The molecule has 0 heterocycles. The van der Waals surface area contributed by atoms with Gasteiger partial charge in [0.15, 0.2) is 17.3 Å². The molecule has 0 aliphatic heterocycles. The maximum absolute atomic E-state index is 12.4. The zero-order valence-electron chi connectivity index (χ0n) is 16.5. The molecule has 0 radical (unpaired) electrons. The highest BCUT2D eigenvalue weighted by Crippen LogP contribution is 2.29. The fourth-order valence-electron chi connectivity index (χ4n) is 2.73. The highest BCUT2D eigenvalue weighted by molar-refractivity contribution is 6.09. The van der Waals surface area contributed by atoms with Gasteiger partial charge < -0.3 is 14.2 Å². The number of rotatable bonds is 8. The summed E-state index contributed by atoms with van der Waals surface area (Å²) in [6, 6.07) is 19.3. The van der Waals surface area contributed by atoms with Gasteiger partial charge in [0.1, 0.15) is 5.75 Å². The van der Waals surface area contributed by atoms with Crippen LogP contribution in [0, 0.1) is 0 Å². The lowest BCUT2D eigenvalue weighted by Crippen LogP contribution is -2.05. The van der Waals surface area contributed by atoms with Crippen molar-refractivity contribution in [2.24, 2.45) is 0 Å². The standard InChI is InChI=1S/C24H18F2O5/c1-29-21-15-16(7-13-20(21)31-24(25)26)8-14-22(27)30-19-11-9-18(10-12-19)23(28)17-5-3-2-4-6-17/h2-15,24H,1H3. The minimum absolute atomic E-state index is 0.106. The highest BCUT2D eigenvalue weighted by Gasteiger charge is 2.11. The van der Waals surface area contributed by atoms with Gasteiger partial charge in [0.05, 0.1) is 7.11 Å². The molecule has 0 amide bonds. The summed E-state index contributed by atoms with van der Waals surface area (Å²) in [5.41, 5.74) is 1.56. The lowest BCUT2D eigenvalue weighted by Gasteiger charge is -2.10. The van der Waals surface area contributed by atoms with Gasteiger partial charge in [0.25, 0.3) is 0 Å². The summed E-state index contributed by atoms with van der Waals surface area (Å²) in [6.07, 6.45) is 2.63. The van der Waals surface area contributed by atoms with E-state index in [-0.39, 0.29) is 23.0 Å². The van der Waals surface area contributed by atoms with E-state index in [9.17, 15) is 18.4 Å². The second-order valence-electron chi connectivity index (χ2n) is 6.26. The second-order valence-corrected chi connectivity index (χ2v) is 6.26. The minimum Gasteiger partial charge on any atom is -0.493 e. The zero-order chi connectivity index (χ0) is 22.2.